The van der Waals surface area contributed by atoms with Gasteiger partial charge in [0.25, 0.3) is 5.69 Å². The second-order valence-electron chi connectivity index (χ2n) is 7.15. The predicted octanol–water partition coefficient (Wildman–Crippen LogP) is 4.36. The number of non-ortho nitro benzene ring substituents is 1. The maximum atomic E-state index is 11.1. The van der Waals surface area contributed by atoms with E-state index in [1.807, 2.05) is 42.5 Å². The van der Waals surface area contributed by atoms with Crippen molar-refractivity contribution >= 4 is 16.5 Å². The molecule has 8 heteroatoms. The number of hydrogen-bond acceptors (Lipinski definition) is 6. The Morgan fingerprint density at radius 1 is 1.10 bits per heavy atom. The highest BCUT2D eigenvalue weighted by molar-refractivity contribution is 5.87. The van der Waals surface area contributed by atoms with Crippen LogP contribution in [0.15, 0.2) is 78.2 Å². The molecule has 2 heterocycles. The molecule has 3 aromatic carbocycles. The van der Waals surface area contributed by atoms with Crippen molar-refractivity contribution in [3.63, 3.8) is 0 Å². The zero-order valence-electron chi connectivity index (χ0n) is 16.1. The number of fused-ring (bicyclic) bond motifs is 2. The normalized spacial score (nSPS) is 15.3. The number of rotatable bonds is 3. The third kappa shape index (κ3) is 2.96. The first kappa shape index (κ1) is 18.4. The van der Waals surface area contributed by atoms with Gasteiger partial charge in [-0.1, -0.05) is 48.5 Å². The van der Waals surface area contributed by atoms with E-state index in [0.29, 0.717) is 16.8 Å². The molecule has 1 aromatic heterocycles. The van der Waals surface area contributed by atoms with E-state index in [1.165, 1.54) is 12.1 Å². The molecule has 0 spiro atoms. The smallest absolute Gasteiger partial charge is 0.269 e. The van der Waals surface area contributed by atoms with Crippen molar-refractivity contribution in [2.45, 2.75) is 5.92 Å². The van der Waals surface area contributed by atoms with E-state index in [1.54, 1.807) is 12.1 Å². The van der Waals surface area contributed by atoms with Gasteiger partial charge in [0.15, 0.2) is 0 Å². The van der Waals surface area contributed by atoms with E-state index in [0.717, 1.165) is 16.3 Å². The maximum Gasteiger partial charge on any atom is 0.269 e. The van der Waals surface area contributed by atoms with Crippen LogP contribution in [0.2, 0.25) is 0 Å². The zero-order chi connectivity index (χ0) is 21.5. The number of nitro benzene ring substituents is 1. The number of allylic oxidation sites excluding steroid dienone is 1. The van der Waals surface area contributed by atoms with Crippen molar-refractivity contribution in [2.24, 2.45) is 5.73 Å². The van der Waals surface area contributed by atoms with Gasteiger partial charge in [0.05, 0.1) is 22.1 Å². The Labute approximate surface area is 176 Å². The van der Waals surface area contributed by atoms with E-state index < -0.39 is 10.8 Å². The van der Waals surface area contributed by atoms with Gasteiger partial charge in [-0.25, -0.2) is 0 Å². The minimum atomic E-state index is -0.574. The fourth-order valence-electron chi connectivity index (χ4n) is 3.93. The lowest BCUT2D eigenvalue weighted by Crippen LogP contribution is -2.21. The van der Waals surface area contributed by atoms with Crippen molar-refractivity contribution in [3.05, 3.63) is 99.4 Å². The number of benzene rings is 3. The third-order valence-corrected chi connectivity index (χ3v) is 5.41. The highest BCUT2D eigenvalue weighted by atomic mass is 16.6. The first-order valence-electron chi connectivity index (χ1n) is 9.46. The SMILES string of the molecule is N#CC1=C(N)Oc2n[nH]c(-c3ccc4ccccc4c3)c2[C@H]1c1ccc([N+](=O)[O-])cc1. The van der Waals surface area contributed by atoms with Crippen LogP contribution in [0.25, 0.3) is 22.0 Å². The molecule has 0 fully saturated rings. The number of hydrogen-bond donors (Lipinski definition) is 2. The first-order valence-corrected chi connectivity index (χ1v) is 9.46. The molecule has 1 atom stereocenters. The molecule has 0 radical (unpaired) electrons. The lowest BCUT2D eigenvalue weighted by molar-refractivity contribution is -0.384. The fraction of sp³-hybridized carbons (Fsp3) is 0.0435. The van der Waals surface area contributed by atoms with Gasteiger partial charge in [-0.3, -0.25) is 15.2 Å². The Morgan fingerprint density at radius 2 is 1.84 bits per heavy atom. The summed E-state index contributed by atoms with van der Waals surface area (Å²) in [4.78, 5) is 10.6. The Balaban J connectivity index is 1.70. The van der Waals surface area contributed by atoms with Crippen LogP contribution in [0.1, 0.15) is 17.0 Å². The van der Waals surface area contributed by atoms with Crippen molar-refractivity contribution < 1.29 is 9.66 Å². The summed E-state index contributed by atoms with van der Waals surface area (Å²) >= 11 is 0. The number of aromatic nitrogens is 2. The number of nitrogens with two attached hydrogens (primary N) is 1. The Kier molecular flexibility index (Phi) is 4.15. The number of nitrogens with one attached hydrogen (secondary N) is 1. The largest absolute Gasteiger partial charge is 0.420 e. The molecule has 3 N–H and O–H groups in total. The maximum absolute atomic E-state index is 11.1. The molecule has 150 valence electrons. The molecular formula is C23H15N5O3. The highest BCUT2D eigenvalue weighted by Crippen LogP contribution is 2.46. The highest BCUT2D eigenvalue weighted by Gasteiger charge is 2.35. The van der Waals surface area contributed by atoms with Crippen molar-refractivity contribution in [2.75, 3.05) is 0 Å². The summed E-state index contributed by atoms with van der Waals surface area (Å²) in [7, 11) is 0. The standard InChI is InChI=1S/C23H15N5O3/c24-12-18-19(14-7-9-17(10-8-14)28(29)30)20-21(26-27-23(20)31-22(18)25)16-6-5-13-3-1-2-4-15(13)11-16/h1-11,19H,25H2,(H,26,27)/t19-/m0/s1. The van der Waals surface area contributed by atoms with Crippen LogP contribution < -0.4 is 10.5 Å². The molecule has 0 unspecified atom stereocenters. The summed E-state index contributed by atoms with van der Waals surface area (Å²) in [5.74, 6) is -0.326. The lowest BCUT2D eigenvalue weighted by Gasteiger charge is -2.24. The monoisotopic (exact) mass is 409 g/mol. The molecule has 5 rings (SSSR count). The molecule has 8 nitrogen and oxygen atoms in total. The first-order chi connectivity index (χ1) is 15.1. The number of nitriles is 1. The summed E-state index contributed by atoms with van der Waals surface area (Å²) in [6.07, 6.45) is 0. The number of nitro groups is 1. The Bertz CT molecular complexity index is 1410. The van der Waals surface area contributed by atoms with Gasteiger partial charge in [0.2, 0.25) is 11.8 Å². The second kappa shape index (κ2) is 7.00. The number of ether oxygens (including phenoxy) is 1. The lowest BCUT2D eigenvalue weighted by atomic mass is 9.83. The van der Waals surface area contributed by atoms with Crippen LogP contribution in [0.5, 0.6) is 5.88 Å². The molecule has 0 saturated heterocycles. The van der Waals surface area contributed by atoms with Gasteiger partial charge in [-0.2, -0.15) is 5.26 Å². The molecular weight excluding hydrogens is 394 g/mol. The van der Waals surface area contributed by atoms with Gasteiger partial charge >= 0.3 is 0 Å². The molecule has 0 saturated carbocycles. The van der Waals surface area contributed by atoms with Crippen LogP contribution in [0.4, 0.5) is 5.69 Å². The molecule has 1 aliphatic heterocycles. The molecule has 4 aromatic rings. The van der Waals surface area contributed by atoms with Gasteiger partial charge in [-0.05, 0) is 22.4 Å². The van der Waals surface area contributed by atoms with Gasteiger partial charge in [0.1, 0.15) is 11.6 Å². The average Bonchev–Trinajstić information content (AvgIpc) is 3.21. The van der Waals surface area contributed by atoms with Crippen LogP contribution in [0, 0.1) is 21.4 Å². The third-order valence-electron chi connectivity index (χ3n) is 5.41. The average molecular weight is 409 g/mol. The van der Waals surface area contributed by atoms with Crippen LogP contribution in [0.3, 0.4) is 0 Å². The second-order valence-corrected chi connectivity index (χ2v) is 7.15. The number of nitrogens with zero attached hydrogens (tertiary/aromatic N) is 3. The molecule has 31 heavy (non-hydrogen) atoms. The fourth-order valence-corrected chi connectivity index (χ4v) is 3.93. The molecule has 0 aliphatic carbocycles. The summed E-state index contributed by atoms with van der Waals surface area (Å²) in [6, 6.07) is 22.2. The zero-order valence-corrected chi connectivity index (χ0v) is 16.1. The quantitative estimate of drug-likeness (QED) is 0.382. The topological polar surface area (TPSA) is 131 Å². The number of H-pyrrole nitrogens is 1. The molecule has 0 amide bonds. The van der Waals surface area contributed by atoms with Crippen LogP contribution >= 0.6 is 0 Å². The van der Waals surface area contributed by atoms with E-state index in [9.17, 15) is 15.4 Å². The molecule has 0 bridgehead atoms. The van der Waals surface area contributed by atoms with E-state index >= 15 is 0 Å². The predicted molar refractivity (Wildman–Crippen MR) is 114 cm³/mol. The van der Waals surface area contributed by atoms with Gasteiger partial charge in [-0.15, -0.1) is 5.10 Å². The van der Waals surface area contributed by atoms with E-state index in [-0.39, 0.29) is 23.0 Å². The summed E-state index contributed by atoms with van der Waals surface area (Å²) in [5, 5.41) is 30.3. The minimum Gasteiger partial charge on any atom is -0.420 e. The van der Waals surface area contributed by atoms with E-state index in [2.05, 4.69) is 16.3 Å². The van der Waals surface area contributed by atoms with E-state index in [4.69, 9.17) is 10.5 Å². The van der Waals surface area contributed by atoms with Gasteiger partial charge in [0, 0.05) is 17.7 Å². The Hall–Kier alpha value is -4.64. The van der Waals surface area contributed by atoms with Gasteiger partial charge < -0.3 is 10.5 Å². The minimum absolute atomic E-state index is 0.0325. The summed E-state index contributed by atoms with van der Waals surface area (Å²) < 4.78 is 5.62. The number of aromatic amines is 1. The summed E-state index contributed by atoms with van der Waals surface area (Å²) in [6.45, 7) is 0. The van der Waals surface area contributed by atoms with Crippen LogP contribution in [-0.2, 0) is 0 Å². The van der Waals surface area contributed by atoms with Crippen LogP contribution in [-0.4, -0.2) is 15.1 Å². The Morgan fingerprint density at radius 3 is 2.55 bits per heavy atom. The van der Waals surface area contributed by atoms with Crippen molar-refractivity contribution in [1.82, 2.24) is 10.2 Å². The van der Waals surface area contributed by atoms with Crippen molar-refractivity contribution in [3.8, 4) is 23.2 Å². The molecule has 1 aliphatic rings. The van der Waals surface area contributed by atoms with Crippen molar-refractivity contribution in [1.29, 1.82) is 5.26 Å². The summed E-state index contributed by atoms with van der Waals surface area (Å²) in [5.41, 5.74) is 9.11.